The largest absolute Gasteiger partial charge is 0.466 e. The van der Waals surface area contributed by atoms with E-state index < -0.39 is 5.97 Å². The molecule has 1 heterocycles. The van der Waals surface area contributed by atoms with Crippen LogP contribution in [0.3, 0.4) is 0 Å². The lowest BCUT2D eigenvalue weighted by Gasteiger charge is -2.09. The summed E-state index contributed by atoms with van der Waals surface area (Å²) in [5.74, 6) is 0.467. The second kappa shape index (κ2) is 6.18. The van der Waals surface area contributed by atoms with Crippen LogP contribution in [0.1, 0.15) is 38.9 Å². The third kappa shape index (κ3) is 4.01. The molecule has 17 heavy (non-hydrogen) atoms. The molecule has 0 aliphatic rings. The first-order valence-corrected chi connectivity index (χ1v) is 5.73. The maximum absolute atomic E-state index is 11.6. The van der Waals surface area contributed by atoms with Gasteiger partial charge in [-0.3, -0.25) is 9.59 Å². The van der Waals surface area contributed by atoms with E-state index in [4.69, 9.17) is 4.74 Å². The Morgan fingerprint density at radius 3 is 2.76 bits per heavy atom. The second-order valence-corrected chi connectivity index (χ2v) is 4.09. The number of esters is 1. The van der Waals surface area contributed by atoms with Crippen LogP contribution in [-0.4, -0.2) is 27.9 Å². The third-order valence-corrected chi connectivity index (χ3v) is 2.26. The molecule has 5 nitrogen and oxygen atoms in total. The molecule has 0 N–H and O–H groups in total. The lowest BCUT2D eigenvalue weighted by atomic mass is 10.2. The number of imidazole rings is 1. The van der Waals surface area contributed by atoms with Crippen molar-refractivity contribution in [3.63, 3.8) is 0 Å². The quantitative estimate of drug-likeness (QED) is 0.557. The van der Waals surface area contributed by atoms with Crippen LogP contribution < -0.4 is 0 Å². The van der Waals surface area contributed by atoms with Crippen LogP contribution in [0, 0.1) is 0 Å². The number of hydrogen-bond acceptors (Lipinski definition) is 4. The normalized spacial score (nSPS) is 10.6. The summed E-state index contributed by atoms with van der Waals surface area (Å²) in [6.07, 6.45) is 3.23. The highest BCUT2D eigenvalue weighted by atomic mass is 16.5. The van der Waals surface area contributed by atoms with Crippen molar-refractivity contribution in [3.05, 3.63) is 18.2 Å². The smallest absolute Gasteiger partial charge is 0.313 e. The lowest BCUT2D eigenvalue weighted by Crippen LogP contribution is -2.17. The van der Waals surface area contributed by atoms with Crippen LogP contribution in [-0.2, 0) is 20.9 Å². The van der Waals surface area contributed by atoms with E-state index in [1.54, 1.807) is 23.9 Å². The van der Waals surface area contributed by atoms with Gasteiger partial charge in [0.2, 0.25) is 0 Å². The molecule has 0 aliphatic carbocycles. The second-order valence-electron chi connectivity index (χ2n) is 4.09. The fourth-order valence-electron chi connectivity index (χ4n) is 1.57. The summed E-state index contributed by atoms with van der Waals surface area (Å²) in [5, 5.41) is 0. The molecule has 0 fully saturated rings. The van der Waals surface area contributed by atoms with Gasteiger partial charge in [-0.25, -0.2) is 4.98 Å². The van der Waals surface area contributed by atoms with E-state index in [9.17, 15) is 9.59 Å². The zero-order valence-corrected chi connectivity index (χ0v) is 10.5. The van der Waals surface area contributed by atoms with Crippen molar-refractivity contribution in [2.45, 2.75) is 39.7 Å². The molecule has 0 saturated carbocycles. The summed E-state index contributed by atoms with van der Waals surface area (Å²) < 4.78 is 6.49. The van der Waals surface area contributed by atoms with Gasteiger partial charge >= 0.3 is 5.97 Å². The molecule has 5 heteroatoms. The van der Waals surface area contributed by atoms with Gasteiger partial charge in [0, 0.05) is 18.3 Å². The third-order valence-electron chi connectivity index (χ3n) is 2.26. The minimum atomic E-state index is -0.469. The Hall–Kier alpha value is -1.65. The number of hydrogen-bond donors (Lipinski definition) is 0. The van der Waals surface area contributed by atoms with Gasteiger partial charge in [-0.05, 0) is 6.92 Å². The predicted molar refractivity (Wildman–Crippen MR) is 62.6 cm³/mol. The molecule has 0 amide bonds. The fourth-order valence-corrected chi connectivity index (χ4v) is 1.57. The van der Waals surface area contributed by atoms with Crippen molar-refractivity contribution in [2.24, 2.45) is 0 Å². The van der Waals surface area contributed by atoms with Gasteiger partial charge < -0.3 is 9.30 Å². The Kier molecular flexibility index (Phi) is 4.87. The van der Waals surface area contributed by atoms with Gasteiger partial charge in [0.25, 0.3) is 0 Å². The fraction of sp³-hybridized carbons (Fsp3) is 0.583. The Morgan fingerprint density at radius 2 is 2.18 bits per heavy atom. The molecule has 0 aromatic carbocycles. The summed E-state index contributed by atoms with van der Waals surface area (Å²) >= 11 is 0. The van der Waals surface area contributed by atoms with Gasteiger partial charge in [-0.1, -0.05) is 13.8 Å². The number of ether oxygens (including phenoxy) is 1. The average Bonchev–Trinajstić information content (AvgIpc) is 2.65. The summed E-state index contributed by atoms with van der Waals surface area (Å²) in [6.45, 7) is 6.21. The number of carbonyl (C=O) groups excluding carboxylic acids is 2. The van der Waals surface area contributed by atoms with Crippen LogP contribution in [0.2, 0.25) is 0 Å². The molecule has 0 aliphatic heterocycles. The highest BCUT2D eigenvalue weighted by Gasteiger charge is 2.14. The highest BCUT2D eigenvalue weighted by molar-refractivity contribution is 5.95. The molecule has 1 aromatic heterocycles. The van der Waals surface area contributed by atoms with E-state index >= 15 is 0 Å². The Balaban J connectivity index is 2.56. The van der Waals surface area contributed by atoms with Crippen molar-refractivity contribution in [1.29, 1.82) is 0 Å². The average molecular weight is 238 g/mol. The first-order valence-electron chi connectivity index (χ1n) is 5.73. The van der Waals surface area contributed by atoms with Gasteiger partial charge in [0.15, 0.2) is 5.78 Å². The molecular weight excluding hydrogens is 220 g/mol. The Labute approximate surface area is 101 Å². The molecule has 94 valence electrons. The Morgan fingerprint density at radius 1 is 1.47 bits per heavy atom. The molecule has 0 unspecified atom stereocenters. The van der Waals surface area contributed by atoms with Crippen LogP contribution in [0.25, 0.3) is 0 Å². The maximum atomic E-state index is 11.6. The van der Waals surface area contributed by atoms with Crippen LogP contribution in [0.4, 0.5) is 0 Å². The Bertz CT molecular complexity index is 396. The maximum Gasteiger partial charge on any atom is 0.313 e. The van der Waals surface area contributed by atoms with Gasteiger partial charge in [0.05, 0.1) is 13.2 Å². The zero-order chi connectivity index (χ0) is 12.8. The van der Waals surface area contributed by atoms with E-state index in [1.807, 2.05) is 13.8 Å². The van der Waals surface area contributed by atoms with E-state index in [-0.39, 0.29) is 24.7 Å². The predicted octanol–water partition coefficient (Wildman–Crippen LogP) is 1.53. The molecule has 1 aromatic rings. The van der Waals surface area contributed by atoms with E-state index in [0.29, 0.717) is 6.61 Å². The van der Waals surface area contributed by atoms with E-state index in [1.165, 1.54) is 0 Å². The summed E-state index contributed by atoms with van der Waals surface area (Å²) in [5.41, 5.74) is 0. The minimum absolute atomic E-state index is 0.164. The SMILES string of the molecule is CCOC(=O)CC(=O)Cn1ccnc1C(C)C. The van der Waals surface area contributed by atoms with Gasteiger partial charge in [-0.2, -0.15) is 0 Å². The number of nitrogens with zero attached hydrogens (tertiary/aromatic N) is 2. The number of Topliss-reactive ketones (excluding diaryl/α,β-unsaturated/α-hetero) is 1. The van der Waals surface area contributed by atoms with Crippen molar-refractivity contribution in [3.8, 4) is 0 Å². The lowest BCUT2D eigenvalue weighted by molar-refractivity contribution is -0.145. The molecule has 0 saturated heterocycles. The number of aromatic nitrogens is 2. The zero-order valence-electron chi connectivity index (χ0n) is 10.5. The first-order chi connectivity index (χ1) is 8.04. The molecule has 0 bridgehead atoms. The van der Waals surface area contributed by atoms with Gasteiger partial charge in [0.1, 0.15) is 12.2 Å². The topological polar surface area (TPSA) is 61.2 Å². The molecule has 0 atom stereocenters. The van der Waals surface area contributed by atoms with Crippen LogP contribution >= 0.6 is 0 Å². The molecule has 1 rings (SSSR count). The summed E-state index contributed by atoms with van der Waals surface area (Å²) in [4.78, 5) is 26.9. The number of ketones is 1. The number of carbonyl (C=O) groups is 2. The molecule has 0 spiro atoms. The first kappa shape index (κ1) is 13.4. The van der Waals surface area contributed by atoms with Crippen molar-refractivity contribution >= 4 is 11.8 Å². The molecule has 0 radical (unpaired) electrons. The van der Waals surface area contributed by atoms with Crippen molar-refractivity contribution in [2.75, 3.05) is 6.61 Å². The van der Waals surface area contributed by atoms with Gasteiger partial charge in [-0.15, -0.1) is 0 Å². The van der Waals surface area contributed by atoms with E-state index in [0.717, 1.165) is 5.82 Å². The highest BCUT2D eigenvalue weighted by Crippen LogP contribution is 2.11. The minimum Gasteiger partial charge on any atom is -0.466 e. The standard InChI is InChI=1S/C12H18N2O3/c1-4-17-11(16)7-10(15)8-14-6-5-13-12(14)9(2)3/h5-6,9H,4,7-8H2,1-3H3. The number of rotatable bonds is 6. The van der Waals surface area contributed by atoms with Crippen molar-refractivity contribution in [1.82, 2.24) is 9.55 Å². The van der Waals surface area contributed by atoms with E-state index in [2.05, 4.69) is 4.98 Å². The van der Waals surface area contributed by atoms with Crippen LogP contribution in [0.5, 0.6) is 0 Å². The molecular formula is C12H18N2O3. The summed E-state index contributed by atoms with van der Waals surface area (Å²) in [6, 6.07) is 0. The van der Waals surface area contributed by atoms with Crippen molar-refractivity contribution < 1.29 is 14.3 Å². The van der Waals surface area contributed by atoms with Crippen LogP contribution in [0.15, 0.2) is 12.4 Å². The monoisotopic (exact) mass is 238 g/mol. The summed E-state index contributed by atoms with van der Waals surface area (Å²) in [7, 11) is 0.